The molecule has 4 nitrogen and oxygen atoms in total. The van der Waals surface area contributed by atoms with Gasteiger partial charge in [-0.15, -0.1) is 0 Å². The predicted octanol–water partition coefficient (Wildman–Crippen LogP) is 3.87. The Hall–Kier alpha value is -2.88. The van der Waals surface area contributed by atoms with Gasteiger partial charge in [0.1, 0.15) is 0 Å². The van der Waals surface area contributed by atoms with Crippen LogP contribution in [0.4, 0.5) is 5.69 Å². The molecule has 1 aliphatic heterocycles. The first-order valence-corrected chi connectivity index (χ1v) is 9.57. The van der Waals surface area contributed by atoms with E-state index >= 15 is 0 Å². The van der Waals surface area contributed by atoms with Gasteiger partial charge in [0.15, 0.2) is 0 Å². The number of rotatable bonds is 4. The maximum absolute atomic E-state index is 13.2. The van der Waals surface area contributed by atoms with Gasteiger partial charge in [0.05, 0.1) is 11.8 Å². The van der Waals surface area contributed by atoms with Crippen LogP contribution in [-0.2, 0) is 16.1 Å². The van der Waals surface area contributed by atoms with Crippen LogP contribution < -0.4 is 5.32 Å². The topological polar surface area (TPSA) is 49.4 Å². The third-order valence-corrected chi connectivity index (χ3v) is 5.59. The molecule has 0 saturated carbocycles. The first-order chi connectivity index (χ1) is 13.2. The number of nitrogens with one attached hydrogen (secondary N) is 1. The Labute approximate surface area is 159 Å². The van der Waals surface area contributed by atoms with E-state index in [1.165, 1.54) is 0 Å². The second-order valence-electron chi connectivity index (χ2n) is 7.35. The molecular weight excluding hydrogens is 336 g/mol. The van der Waals surface area contributed by atoms with Gasteiger partial charge in [-0.2, -0.15) is 0 Å². The van der Waals surface area contributed by atoms with Gasteiger partial charge in [-0.1, -0.05) is 60.7 Å². The smallest absolute Gasteiger partial charge is 0.228 e. The Balaban J connectivity index is 1.51. The highest BCUT2D eigenvalue weighted by Crippen LogP contribution is 2.38. The standard InChI is InChI=1S/C23H24N2O2/c26-22(24-19-11-5-2-6-12-19)20-13-7-10-18-14-15-25(23(27)21(18)20)16-17-8-3-1-4-9-17/h1-12,18,20-21H,13-16H2,(H,24,26)/t18?,20-,21?/m1/s1. The van der Waals surface area contributed by atoms with Gasteiger partial charge in [0.25, 0.3) is 0 Å². The Morgan fingerprint density at radius 3 is 2.48 bits per heavy atom. The number of carbonyl (C=O) groups is 2. The van der Waals surface area contributed by atoms with E-state index in [1.54, 1.807) is 0 Å². The number of para-hydroxylation sites is 1. The van der Waals surface area contributed by atoms with Crippen molar-refractivity contribution in [3.05, 3.63) is 78.4 Å². The molecule has 2 unspecified atom stereocenters. The summed E-state index contributed by atoms with van der Waals surface area (Å²) in [7, 11) is 0. The zero-order valence-electron chi connectivity index (χ0n) is 15.3. The molecule has 2 aromatic rings. The van der Waals surface area contributed by atoms with Gasteiger partial charge >= 0.3 is 0 Å². The van der Waals surface area contributed by atoms with Crippen molar-refractivity contribution < 1.29 is 9.59 Å². The number of carbonyl (C=O) groups excluding carboxylic acids is 2. The first kappa shape index (κ1) is 17.5. The molecule has 138 valence electrons. The summed E-state index contributed by atoms with van der Waals surface area (Å²) in [5.74, 6) is -0.379. The molecule has 0 spiro atoms. The maximum atomic E-state index is 13.2. The van der Waals surface area contributed by atoms with Crippen molar-refractivity contribution in [1.82, 2.24) is 4.90 Å². The van der Waals surface area contributed by atoms with E-state index in [4.69, 9.17) is 0 Å². The molecule has 0 radical (unpaired) electrons. The highest BCUT2D eigenvalue weighted by atomic mass is 16.2. The fourth-order valence-corrected chi connectivity index (χ4v) is 4.21. The van der Waals surface area contributed by atoms with Crippen molar-refractivity contribution in [2.45, 2.75) is 19.4 Å². The highest BCUT2D eigenvalue weighted by Gasteiger charge is 2.44. The van der Waals surface area contributed by atoms with Gasteiger partial charge in [0.2, 0.25) is 11.8 Å². The summed E-state index contributed by atoms with van der Waals surface area (Å²) in [5.41, 5.74) is 1.90. The lowest BCUT2D eigenvalue weighted by Crippen LogP contribution is -2.50. The average molecular weight is 360 g/mol. The molecular formula is C23H24N2O2. The summed E-state index contributed by atoms with van der Waals surface area (Å²) >= 11 is 0. The van der Waals surface area contributed by atoms with Crippen LogP contribution in [0.5, 0.6) is 0 Å². The van der Waals surface area contributed by atoms with Crippen molar-refractivity contribution >= 4 is 17.5 Å². The number of hydrogen-bond donors (Lipinski definition) is 1. The molecule has 1 N–H and O–H groups in total. The molecule has 2 aromatic carbocycles. The molecule has 4 rings (SSSR count). The minimum atomic E-state index is -0.314. The second-order valence-corrected chi connectivity index (χ2v) is 7.35. The second kappa shape index (κ2) is 7.78. The van der Waals surface area contributed by atoms with E-state index < -0.39 is 0 Å². The minimum absolute atomic E-state index is 0.0598. The lowest BCUT2D eigenvalue weighted by Gasteiger charge is -2.41. The number of fused-ring (bicyclic) bond motifs is 1. The number of nitrogens with zero attached hydrogens (tertiary/aromatic N) is 1. The van der Waals surface area contributed by atoms with E-state index in [2.05, 4.69) is 17.5 Å². The van der Waals surface area contributed by atoms with Gasteiger partial charge in [-0.3, -0.25) is 9.59 Å². The summed E-state index contributed by atoms with van der Waals surface area (Å²) < 4.78 is 0. The van der Waals surface area contributed by atoms with Crippen molar-refractivity contribution in [3.63, 3.8) is 0 Å². The van der Waals surface area contributed by atoms with Gasteiger partial charge in [-0.05, 0) is 36.5 Å². The minimum Gasteiger partial charge on any atom is -0.338 e. The zero-order valence-corrected chi connectivity index (χ0v) is 15.3. The lowest BCUT2D eigenvalue weighted by molar-refractivity contribution is -0.147. The third-order valence-electron chi connectivity index (χ3n) is 5.59. The number of hydrogen-bond acceptors (Lipinski definition) is 2. The monoisotopic (exact) mass is 360 g/mol. The first-order valence-electron chi connectivity index (χ1n) is 9.57. The third kappa shape index (κ3) is 3.80. The average Bonchev–Trinajstić information content (AvgIpc) is 2.71. The number of anilines is 1. The van der Waals surface area contributed by atoms with Crippen LogP contribution in [0.1, 0.15) is 18.4 Å². The molecule has 2 amide bonds. The Bertz CT molecular complexity index is 832. The van der Waals surface area contributed by atoms with E-state index in [1.807, 2.05) is 65.6 Å². The molecule has 3 atom stereocenters. The quantitative estimate of drug-likeness (QED) is 0.842. The van der Waals surface area contributed by atoms with Crippen LogP contribution in [0.2, 0.25) is 0 Å². The lowest BCUT2D eigenvalue weighted by atomic mass is 9.71. The van der Waals surface area contributed by atoms with Crippen molar-refractivity contribution in [1.29, 1.82) is 0 Å². The van der Waals surface area contributed by atoms with Crippen LogP contribution in [0.3, 0.4) is 0 Å². The van der Waals surface area contributed by atoms with Gasteiger partial charge < -0.3 is 10.2 Å². The van der Waals surface area contributed by atoms with Crippen molar-refractivity contribution in [2.75, 3.05) is 11.9 Å². The summed E-state index contributed by atoms with van der Waals surface area (Å²) in [6.07, 6.45) is 5.73. The summed E-state index contributed by atoms with van der Waals surface area (Å²) in [5, 5.41) is 2.99. The fourth-order valence-electron chi connectivity index (χ4n) is 4.21. The van der Waals surface area contributed by atoms with E-state index in [0.717, 1.165) is 24.2 Å². The summed E-state index contributed by atoms with van der Waals surface area (Å²) in [6, 6.07) is 19.5. The number of amides is 2. The van der Waals surface area contributed by atoms with Crippen LogP contribution in [0.25, 0.3) is 0 Å². The predicted molar refractivity (Wildman–Crippen MR) is 106 cm³/mol. The Morgan fingerprint density at radius 2 is 1.74 bits per heavy atom. The van der Waals surface area contributed by atoms with Gasteiger partial charge in [0, 0.05) is 18.8 Å². The Morgan fingerprint density at radius 1 is 1.04 bits per heavy atom. The molecule has 1 saturated heterocycles. The van der Waals surface area contributed by atoms with Gasteiger partial charge in [-0.25, -0.2) is 0 Å². The van der Waals surface area contributed by atoms with E-state index in [0.29, 0.717) is 13.0 Å². The van der Waals surface area contributed by atoms with Crippen LogP contribution >= 0.6 is 0 Å². The van der Waals surface area contributed by atoms with E-state index in [-0.39, 0.29) is 29.6 Å². The molecule has 0 bridgehead atoms. The summed E-state index contributed by atoms with van der Waals surface area (Å²) in [4.78, 5) is 28.1. The number of piperidine rings is 1. The van der Waals surface area contributed by atoms with Crippen molar-refractivity contribution in [2.24, 2.45) is 17.8 Å². The fraction of sp³-hybridized carbons (Fsp3) is 0.304. The normalized spacial score (nSPS) is 24.4. The van der Waals surface area contributed by atoms with Crippen LogP contribution in [0, 0.1) is 17.8 Å². The highest BCUT2D eigenvalue weighted by molar-refractivity contribution is 5.96. The van der Waals surface area contributed by atoms with Crippen LogP contribution in [-0.4, -0.2) is 23.3 Å². The van der Waals surface area contributed by atoms with E-state index in [9.17, 15) is 9.59 Å². The number of benzene rings is 2. The zero-order chi connectivity index (χ0) is 18.6. The molecule has 1 aliphatic carbocycles. The molecule has 27 heavy (non-hydrogen) atoms. The SMILES string of the molecule is O=C(Nc1ccccc1)[C@@H]1CC=CC2CCN(Cc3ccccc3)C(=O)C21. The Kier molecular flexibility index (Phi) is 5.05. The number of likely N-dealkylation sites (tertiary alicyclic amines) is 1. The molecule has 0 aromatic heterocycles. The number of allylic oxidation sites excluding steroid dienone is 2. The van der Waals surface area contributed by atoms with Crippen LogP contribution in [0.15, 0.2) is 72.8 Å². The maximum Gasteiger partial charge on any atom is 0.228 e. The molecule has 1 fully saturated rings. The van der Waals surface area contributed by atoms with Crippen molar-refractivity contribution in [3.8, 4) is 0 Å². The molecule has 4 heteroatoms. The summed E-state index contributed by atoms with van der Waals surface area (Å²) in [6.45, 7) is 1.35. The molecule has 2 aliphatic rings. The largest absolute Gasteiger partial charge is 0.338 e. The molecule has 1 heterocycles.